The lowest BCUT2D eigenvalue weighted by atomic mass is 10.1. The van der Waals surface area contributed by atoms with Crippen LogP contribution in [-0.2, 0) is 14.2 Å². The highest BCUT2D eigenvalue weighted by molar-refractivity contribution is 6.28. The molecule has 1 aliphatic carbocycles. The number of ether oxygens (including phenoxy) is 3. The van der Waals surface area contributed by atoms with E-state index < -0.39 is 36.5 Å². The molecule has 0 bridgehead atoms. The van der Waals surface area contributed by atoms with Crippen molar-refractivity contribution in [3.63, 3.8) is 0 Å². The molecule has 4 aromatic rings. The molecule has 0 radical (unpaired) electrons. The molecule has 2 aromatic heterocycles. The number of carbonyl (C=O) groups excluding carboxylic acids is 2. The second kappa shape index (κ2) is 11.8. The lowest BCUT2D eigenvalue weighted by Crippen LogP contribution is -2.37. The lowest BCUT2D eigenvalue weighted by Gasteiger charge is -2.19. The third-order valence-corrected chi connectivity index (χ3v) is 7.44. The van der Waals surface area contributed by atoms with Gasteiger partial charge in [0.1, 0.15) is 12.7 Å². The number of rotatable bonds is 8. The summed E-state index contributed by atoms with van der Waals surface area (Å²) in [5.41, 5.74) is 1.24. The number of benzene rings is 2. The van der Waals surface area contributed by atoms with Gasteiger partial charge in [-0.05, 0) is 48.7 Å². The van der Waals surface area contributed by atoms with E-state index in [1.165, 1.54) is 10.9 Å². The van der Waals surface area contributed by atoms with Crippen molar-refractivity contribution in [3.05, 3.63) is 83.4 Å². The summed E-state index contributed by atoms with van der Waals surface area (Å²) in [5, 5.41) is 3.34. The van der Waals surface area contributed by atoms with Crippen LogP contribution in [0.4, 0.5) is 10.2 Å². The van der Waals surface area contributed by atoms with E-state index in [4.69, 9.17) is 25.8 Å². The fourth-order valence-electron chi connectivity index (χ4n) is 5.21. The van der Waals surface area contributed by atoms with Crippen LogP contribution in [0.5, 0.6) is 0 Å². The van der Waals surface area contributed by atoms with Gasteiger partial charge in [0, 0.05) is 6.04 Å². The van der Waals surface area contributed by atoms with Gasteiger partial charge in [0.25, 0.3) is 0 Å². The maximum absolute atomic E-state index is 16.2. The largest absolute Gasteiger partial charge is 0.459 e. The Bertz CT molecular complexity index is 1530. The number of nitrogens with one attached hydrogen (secondary N) is 1. The van der Waals surface area contributed by atoms with Crippen molar-refractivity contribution < 1.29 is 28.2 Å². The van der Waals surface area contributed by atoms with Crippen molar-refractivity contribution in [3.8, 4) is 0 Å². The minimum absolute atomic E-state index is 0.0338. The molecule has 0 amide bonds. The SMILES string of the molecule is O=C(OC[C@H]1O[C@@H](n2cnc3c(NC4CCCC4)nc(Cl)nc32)[C@@H](F)[C@@H]1OC(=O)c1ccccc1)c1ccccc1. The molecular weight excluding hydrogens is 553 g/mol. The second-order valence-electron chi connectivity index (χ2n) is 10.0. The Morgan fingerprint density at radius 1 is 1.00 bits per heavy atom. The van der Waals surface area contributed by atoms with Gasteiger partial charge in [0.2, 0.25) is 5.28 Å². The fraction of sp³-hybridized carbons (Fsp3) is 0.345. The molecule has 3 heterocycles. The van der Waals surface area contributed by atoms with Crippen LogP contribution < -0.4 is 5.32 Å². The number of hydrogen-bond donors (Lipinski definition) is 1. The van der Waals surface area contributed by atoms with Crippen LogP contribution in [0.15, 0.2) is 67.0 Å². The Balaban J connectivity index is 1.28. The van der Waals surface area contributed by atoms with E-state index >= 15 is 4.39 Å². The van der Waals surface area contributed by atoms with Crippen molar-refractivity contribution in [2.24, 2.45) is 0 Å². The molecule has 0 unspecified atom stereocenters. The van der Waals surface area contributed by atoms with Gasteiger partial charge >= 0.3 is 11.9 Å². The molecule has 10 nitrogen and oxygen atoms in total. The number of carbonyl (C=O) groups is 2. The van der Waals surface area contributed by atoms with Gasteiger partial charge < -0.3 is 19.5 Å². The molecular formula is C29H27ClFN5O5. The van der Waals surface area contributed by atoms with E-state index in [-0.39, 0.29) is 29.1 Å². The summed E-state index contributed by atoms with van der Waals surface area (Å²) in [6.45, 7) is -0.353. The predicted octanol–water partition coefficient (Wildman–Crippen LogP) is 5.15. The minimum atomic E-state index is -1.85. The molecule has 12 heteroatoms. The summed E-state index contributed by atoms with van der Waals surface area (Å²) in [6.07, 6.45) is -0.0103. The topological polar surface area (TPSA) is 117 Å². The molecule has 212 valence electrons. The summed E-state index contributed by atoms with van der Waals surface area (Å²) in [6, 6.07) is 16.8. The third-order valence-electron chi connectivity index (χ3n) is 7.27. The number of fused-ring (bicyclic) bond motifs is 1. The zero-order chi connectivity index (χ0) is 28.3. The Kier molecular flexibility index (Phi) is 7.80. The average molecular weight is 580 g/mol. The van der Waals surface area contributed by atoms with E-state index in [0.717, 1.165) is 25.7 Å². The van der Waals surface area contributed by atoms with Crippen molar-refractivity contribution in [1.82, 2.24) is 19.5 Å². The monoisotopic (exact) mass is 579 g/mol. The van der Waals surface area contributed by atoms with E-state index in [0.29, 0.717) is 16.9 Å². The summed E-state index contributed by atoms with van der Waals surface area (Å²) in [7, 11) is 0. The summed E-state index contributed by atoms with van der Waals surface area (Å²) in [5.74, 6) is -0.887. The Labute approximate surface area is 239 Å². The molecule has 2 fully saturated rings. The minimum Gasteiger partial charge on any atom is -0.459 e. The summed E-state index contributed by atoms with van der Waals surface area (Å²) >= 11 is 6.25. The third kappa shape index (κ3) is 5.73. The zero-order valence-electron chi connectivity index (χ0n) is 21.9. The van der Waals surface area contributed by atoms with Gasteiger partial charge in [-0.25, -0.2) is 19.0 Å². The van der Waals surface area contributed by atoms with Crippen LogP contribution in [0, 0.1) is 0 Å². The maximum Gasteiger partial charge on any atom is 0.338 e. The van der Waals surface area contributed by atoms with E-state index in [1.807, 2.05) is 0 Å². The maximum atomic E-state index is 16.2. The van der Waals surface area contributed by atoms with E-state index in [9.17, 15) is 9.59 Å². The quantitative estimate of drug-likeness (QED) is 0.223. The van der Waals surface area contributed by atoms with E-state index in [1.54, 1.807) is 60.7 Å². The highest BCUT2D eigenvalue weighted by atomic mass is 35.5. The first kappa shape index (κ1) is 27.1. The first-order valence-corrected chi connectivity index (χ1v) is 13.8. The molecule has 2 aliphatic rings. The number of aromatic nitrogens is 4. The molecule has 1 saturated carbocycles. The van der Waals surface area contributed by atoms with Crippen LogP contribution >= 0.6 is 11.6 Å². The van der Waals surface area contributed by atoms with Gasteiger partial charge in [-0.1, -0.05) is 49.2 Å². The van der Waals surface area contributed by atoms with Crippen molar-refractivity contribution in [1.29, 1.82) is 0 Å². The number of anilines is 1. The highest BCUT2D eigenvalue weighted by Gasteiger charge is 2.50. The normalized spacial score (nSPS) is 22.6. The molecule has 6 rings (SSSR count). The van der Waals surface area contributed by atoms with Crippen LogP contribution in [0.3, 0.4) is 0 Å². The number of imidazole rings is 1. The summed E-state index contributed by atoms with van der Waals surface area (Å²) in [4.78, 5) is 38.5. The second-order valence-corrected chi connectivity index (χ2v) is 10.3. The van der Waals surface area contributed by atoms with Gasteiger partial charge in [0.15, 0.2) is 35.5 Å². The van der Waals surface area contributed by atoms with Gasteiger partial charge in [0.05, 0.1) is 17.5 Å². The zero-order valence-corrected chi connectivity index (χ0v) is 22.6. The molecule has 0 spiro atoms. The van der Waals surface area contributed by atoms with Crippen LogP contribution in [0.1, 0.15) is 52.6 Å². The molecule has 4 atom stereocenters. The molecule has 1 saturated heterocycles. The molecule has 1 aliphatic heterocycles. The van der Waals surface area contributed by atoms with Crippen LogP contribution in [0.2, 0.25) is 5.28 Å². The smallest absolute Gasteiger partial charge is 0.338 e. The van der Waals surface area contributed by atoms with Gasteiger partial charge in [-0.15, -0.1) is 0 Å². The first-order valence-electron chi connectivity index (χ1n) is 13.4. The van der Waals surface area contributed by atoms with Crippen molar-refractivity contribution in [2.45, 2.75) is 56.3 Å². The molecule has 41 heavy (non-hydrogen) atoms. The lowest BCUT2D eigenvalue weighted by molar-refractivity contribution is -0.0570. The Morgan fingerprint density at radius 3 is 2.34 bits per heavy atom. The van der Waals surface area contributed by atoms with Crippen molar-refractivity contribution >= 4 is 40.5 Å². The average Bonchev–Trinajstić information content (AvgIpc) is 3.73. The molecule has 2 aromatic carbocycles. The van der Waals surface area contributed by atoms with Crippen molar-refractivity contribution in [2.75, 3.05) is 11.9 Å². The number of halogens is 2. The standard InChI is InChI=1S/C29H27ClFN5O5/c30-29-34-24(33-19-13-7-8-14-19)22-25(35-29)36(16-32-22)26-21(31)23(41-28(38)18-11-5-2-6-12-18)20(40-26)15-39-27(37)17-9-3-1-4-10-17/h1-6,9-12,16,19-21,23,26H,7-8,13-15H2,(H,33,34,35)/t20-,21+,23-,26-/m1/s1. The van der Waals surface area contributed by atoms with Gasteiger partial charge in [-0.3, -0.25) is 4.57 Å². The Hall–Kier alpha value is -4.09. The number of nitrogens with zero attached hydrogens (tertiary/aromatic N) is 4. The first-order chi connectivity index (χ1) is 20.0. The Morgan fingerprint density at radius 2 is 1.66 bits per heavy atom. The number of alkyl halides is 1. The number of esters is 2. The molecule has 1 N–H and O–H groups in total. The van der Waals surface area contributed by atoms with Crippen LogP contribution in [0.25, 0.3) is 11.2 Å². The van der Waals surface area contributed by atoms with Gasteiger partial charge in [-0.2, -0.15) is 9.97 Å². The fourth-order valence-corrected chi connectivity index (χ4v) is 5.38. The highest BCUT2D eigenvalue weighted by Crippen LogP contribution is 2.37. The summed E-state index contributed by atoms with van der Waals surface area (Å²) < 4.78 is 34.6. The van der Waals surface area contributed by atoms with E-state index in [2.05, 4.69) is 20.3 Å². The van der Waals surface area contributed by atoms with Crippen LogP contribution in [-0.4, -0.2) is 62.5 Å². The predicted molar refractivity (Wildman–Crippen MR) is 147 cm³/mol. The number of hydrogen-bond acceptors (Lipinski definition) is 9.